The van der Waals surface area contributed by atoms with E-state index in [1.807, 2.05) is 25.1 Å². The SMILES string of the molecule is Cc1cccc(SCCOc2ccc(Cl)cc2Cl)c1N. The summed E-state index contributed by atoms with van der Waals surface area (Å²) in [6.07, 6.45) is 0. The van der Waals surface area contributed by atoms with Crippen molar-refractivity contribution in [1.29, 1.82) is 0 Å². The molecule has 0 aliphatic rings. The van der Waals surface area contributed by atoms with Crippen LogP contribution in [0.25, 0.3) is 0 Å². The van der Waals surface area contributed by atoms with Gasteiger partial charge in [0.2, 0.25) is 0 Å². The van der Waals surface area contributed by atoms with E-state index in [0.29, 0.717) is 22.4 Å². The van der Waals surface area contributed by atoms with Crippen LogP contribution in [0.1, 0.15) is 5.56 Å². The van der Waals surface area contributed by atoms with Crippen LogP contribution in [0, 0.1) is 6.92 Å². The molecule has 0 atom stereocenters. The molecule has 0 aliphatic heterocycles. The number of halogens is 2. The first-order chi connectivity index (χ1) is 9.58. The maximum atomic E-state index is 6.04. The van der Waals surface area contributed by atoms with E-state index < -0.39 is 0 Å². The molecule has 0 radical (unpaired) electrons. The lowest BCUT2D eigenvalue weighted by Gasteiger charge is -2.10. The lowest BCUT2D eigenvalue weighted by Crippen LogP contribution is -2.01. The summed E-state index contributed by atoms with van der Waals surface area (Å²) < 4.78 is 5.63. The summed E-state index contributed by atoms with van der Waals surface area (Å²) in [5.41, 5.74) is 7.95. The van der Waals surface area contributed by atoms with Gasteiger partial charge in [-0.1, -0.05) is 35.3 Å². The largest absolute Gasteiger partial charge is 0.491 e. The Morgan fingerprint density at radius 1 is 1.20 bits per heavy atom. The van der Waals surface area contributed by atoms with E-state index in [9.17, 15) is 0 Å². The van der Waals surface area contributed by atoms with Gasteiger partial charge in [0, 0.05) is 21.4 Å². The van der Waals surface area contributed by atoms with Gasteiger partial charge < -0.3 is 10.5 Å². The predicted molar refractivity (Wildman–Crippen MR) is 88.3 cm³/mol. The molecular weight excluding hydrogens is 313 g/mol. The Kier molecular flexibility index (Phi) is 5.46. The Labute approximate surface area is 133 Å². The summed E-state index contributed by atoms with van der Waals surface area (Å²) in [4.78, 5) is 1.08. The van der Waals surface area contributed by atoms with Crippen molar-refractivity contribution in [3.05, 3.63) is 52.0 Å². The van der Waals surface area contributed by atoms with E-state index in [1.54, 1.807) is 30.0 Å². The highest BCUT2D eigenvalue weighted by Crippen LogP contribution is 2.29. The fourth-order valence-electron chi connectivity index (χ4n) is 1.68. The average Bonchev–Trinajstić information content (AvgIpc) is 2.41. The lowest BCUT2D eigenvalue weighted by molar-refractivity contribution is 0.344. The Bertz CT molecular complexity index is 604. The van der Waals surface area contributed by atoms with E-state index in [4.69, 9.17) is 33.7 Å². The number of nitrogens with two attached hydrogens (primary N) is 1. The summed E-state index contributed by atoms with van der Waals surface area (Å²) in [7, 11) is 0. The highest BCUT2D eigenvalue weighted by molar-refractivity contribution is 7.99. The number of hydrogen-bond donors (Lipinski definition) is 1. The fourth-order valence-corrected chi connectivity index (χ4v) is 3.02. The minimum absolute atomic E-state index is 0.526. The highest BCUT2D eigenvalue weighted by Gasteiger charge is 2.04. The van der Waals surface area contributed by atoms with Crippen molar-refractivity contribution < 1.29 is 4.74 Å². The third-order valence-corrected chi connectivity index (χ3v) is 4.34. The van der Waals surface area contributed by atoms with E-state index in [2.05, 4.69) is 0 Å². The van der Waals surface area contributed by atoms with Crippen LogP contribution in [0.2, 0.25) is 10.0 Å². The molecule has 2 aromatic carbocycles. The Morgan fingerprint density at radius 2 is 2.00 bits per heavy atom. The first-order valence-electron chi connectivity index (χ1n) is 6.13. The average molecular weight is 328 g/mol. The van der Waals surface area contributed by atoms with Crippen LogP contribution >= 0.6 is 35.0 Å². The molecule has 0 aliphatic carbocycles. The van der Waals surface area contributed by atoms with Crippen molar-refractivity contribution in [3.8, 4) is 5.75 Å². The first-order valence-corrected chi connectivity index (χ1v) is 7.88. The van der Waals surface area contributed by atoms with Crippen LogP contribution in [0.4, 0.5) is 5.69 Å². The summed E-state index contributed by atoms with van der Waals surface area (Å²) in [5.74, 6) is 1.45. The molecule has 2 rings (SSSR count). The van der Waals surface area contributed by atoms with Crippen molar-refractivity contribution in [2.24, 2.45) is 0 Å². The number of ether oxygens (including phenoxy) is 1. The van der Waals surface area contributed by atoms with Gasteiger partial charge in [-0.15, -0.1) is 11.8 Å². The zero-order valence-corrected chi connectivity index (χ0v) is 13.4. The maximum absolute atomic E-state index is 6.04. The number of benzene rings is 2. The number of rotatable bonds is 5. The van der Waals surface area contributed by atoms with Crippen LogP contribution in [0.5, 0.6) is 5.75 Å². The van der Waals surface area contributed by atoms with Crippen molar-refractivity contribution in [1.82, 2.24) is 0 Å². The van der Waals surface area contributed by atoms with Gasteiger partial charge in [0.05, 0.1) is 11.6 Å². The topological polar surface area (TPSA) is 35.2 Å². The number of anilines is 1. The third-order valence-electron chi connectivity index (χ3n) is 2.78. The third kappa shape index (κ3) is 3.98. The number of para-hydroxylation sites is 1. The van der Waals surface area contributed by atoms with Crippen LogP contribution in [-0.4, -0.2) is 12.4 Å². The normalized spacial score (nSPS) is 10.6. The molecule has 20 heavy (non-hydrogen) atoms. The van der Waals surface area contributed by atoms with Crippen molar-refractivity contribution >= 4 is 40.7 Å². The molecule has 0 heterocycles. The quantitative estimate of drug-likeness (QED) is 0.474. The highest BCUT2D eigenvalue weighted by atomic mass is 35.5. The molecule has 0 bridgehead atoms. The standard InChI is InChI=1S/C15H15Cl2NOS/c1-10-3-2-4-14(15(10)18)20-8-7-19-13-6-5-11(16)9-12(13)17/h2-6,9H,7-8,18H2,1H3. The Morgan fingerprint density at radius 3 is 2.75 bits per heavy atom. The zero-order chi connectivity index (χ0) is 14.5. The van der Waals surface area contributed by atoms with Gasteiger partial charge in [0.15, 0.2) is 0 Å². The van der Waals surface area contributed by atoms with Crippen LogP contribution in [0.3, 0.4) is 0 Å². The van der Waals surface area contributed by atoms with E-state index in [-0.39, 0.29) is 0 Å². The van der Waals surface area contributed by atoms with E-state index >= 15 is 0 Å². The molecule has 2 N–H and O–H groups in total. The molecule has 0 unspecified atom stereocenters. The fraction of sp³-hybridized carbons (Fsp3) is 0.200. The van der Waals surface area contributed by atoms with Gasteiger partial charge in [-0.2, -0.15) is 0 Å². The molecule has 0 amide bonds. The molecule has 0 fully saturated rings. The number of thioether (sulfide) groups is 1. The maximum Gasteiger partial charge on any atom is 0.138 e. The van der Waals surface area contributed by atoms with Gasteiger partial charge in [-0.3, -0.25) is 0 Å². The van der Waals surface area contributed by atoms with Gasteiger partial charge in [0.1, 0.15) is 5.75 Å². The summed E-state index contributed by atoms with van der Waals surface area (Å²) in [5, 5.41) is 1.13. The first kappa shape index (κ1) is 15.4. The predicted octanol–water partition coefficient (Wildman–Crippen LogP) is 5.06. The minimum Gasteiger partial charge on any atom is -0.491 e. The molecule has 0 aromatic heterocycles. The smallest absolute Gasteiger partial charge is 0.138 e. The number of hydrogen-bond acceptors (Lipinski definition) is 3. The molecule has 106 valence electrons. The molecule has 0 saturated heterocycles. The second kappa shape index (κ2) is 7.11. The minimum atomic E-state index is 0.526. The summed E-state index contributed by atoms with van der Waals surface area (Å²) in [6, 6.07) is 11.2. The Balaban J connectivity index is 1.86. The van der Waals surface area contributed by atoms with Gasteiger partial charge in [-0.05, 0) is 36.8 Å². The second-order valence-corrected chi connectivity index (χ2v) is 6.24. The molecule has 5 heteroatoms. The van der Waals surface area contributed by atoms with E-state index in [0.717, 1.165) is 21.9 Å². The molecule has 0 spiro atoms. The summed E-state index contributed by atoms with van der Waals surface area (Å²) >= 11 is 13.5. The van der Waals surface area contributed by atoms with Crippen molar-refractivity contribution in [3.63, 3.8) is 0 Å². The molecule has 2 nitrogen and oxygen atoms in total. The molecular formula is C15H15Cl2NOS. The monoisotopic (exact) mass is 327 g/mol. The van der Waals surface area contributed by atoms with Crippen LogP contribution < -0.4 is 10.5 Å². The second-order valence-electron chi connectivity index (χ2n) is 4.26. The van der Waals surface area contributed by atoms with Crippen molar-refractivity contribution in [2.45, 2.75) is 11.8 Å². The molecule has 2 aromatic rings. The number of nitrogen functional groups attached to an aromatic ring is 1. The lowest BCUT2D eigenvalue weighted by atomic mass is 10.2. The van der Waals surface area contributed by atoms with Crippen LogP contribution in [-0.2, 0) is 0 Å². The van der Waals surface area contributed by atoms with Crippen molar-refractivity contribution in [2.75, 3.05) is 18.1 Å². The van der Waals surface area contributed by atoms with Crippen LogP contribution in [0.15, 0.2) is 41.3 Å². The zero-order valence-electron chi connectivity index (χ0n) is 11.0. The number of aryl methyl sites for hydroxylation is 1. The van der Waals surface area contributed by atoms with Gasteiger partial charge in [0.25, 0.3) is 0 Å². The summed E-state index contributed by atoms with van der Waals surface area (Å²) in [6.45, 7) is 2.56. The van der Waals surface area contributed by atoms with Gasteiger partial charge in [-0.25, -0.2) is 0 Å². The molecule has 0 saturated carbocycles. The van der Waals surface area contributed by atoms with Gasteiger partial charge >= 0.3 is 0 Å². The van der Waals surface area contributed by atoms with E-state index in [1.165, 1.54) is 0 Å². The Hall–Kier alpha value is -1.03.